The Bertz CT molecular complexity index is 1370. The standard InChI is InChI=1S/C27H27F3N4O5/c1-4-6-20-22(26(38,39)25(36)37)23(34(3)5-2)33-21(32-20)15-16-7-13-19(14-8-16)31-24(35)17-9-11-18(12-10-17)27(28,29)30/h4,6-14,38-39H,5,15H2,1-3H3,(H,31,35)(H,36,37). The Morgan fingerprint density at radius 1 is 1.03 bits per heavy atom. The van der Waals surface area contributed by atoms with Gasteiger partial charge in [0.1, 0.15) is 11.6 Å². The van der Waals surface area contributed by atoms with Gasteiger partial charge in [0.15, 0.2) is 0 Å². The van der Waals surface area contributed by atoms with Crippen LogP contribution in [0.25, 0.3) is 6.08 Å². The Labute approximate surface area is 222 Å². The van der Waals surface area contributed by atoms with Crippen molar-refractivity contribution < 1.29 is 38.1 Å². The van der Waals surface area contributed by atoms with Gasteiger partial charge in [-0.1, -0.05) is 18.2 Å². The van der Waals surface area contributed by atoms with Crippen molar-refractivity contribution in [3.8, 4) is 0 Å². The van der Waals surface area contributed by atoms with Crippen LogP contribution in [0.15, 0.2) is 54.6 Å². The van der Waals surface area contributed by atoms with Crippen LogP contribution in [0.2, 0.25) is 0 Å². The number of carbonyl (C=O) groups excluding carboxylic acids is 1. The van der Waals surface area contributed by atoms with Crippen LogP contribution in [0, 0.1) is 0 Å². The number of nitrogens with one attached hydrogen (secondary N) is 1. The quantitative estimate of drug-likeness (QED) is 0.296. The number of carboxylic acids is 1. The molecule has 0 aliphatic rings. The molecular formula is C27H27F3N4O5. The average Bonchev–Trinajstić information content (AvgIpc) is 2.88. The van der Waals surface area contributed by atoms with E-state index in [2.05, 4.69) is 15.3 Å². The molecule has 0 saturated carbocycles. The lowest BCUT2D eigenvalue weighted by molar-refractivity contribution is -0.208. The second-order valence-electron chi connectivity index (χ2n) is 8.62. The molecule has 0 spiro atoms. The van der Waals surface area contributed by atoms with Gasteiger partial charge in [0.2, 0.25) is 0 Å². The molecule has 1 heterocycles. The fourth-order valence-electron chi connectivity index (χ4n) is 3.64. The minimum atomic E-state index is -4.50. The van der Waals surface area contributed by atoms with E-state index in [-0.39, 0.29) is 34.9 Å². The largest absolute Gasteiger partial charge is 0.477 e. The Morgan fingerprint density at radius 3 is 2.15 bits per heavy atom. The minimum Gasteiger partial charge on any atom is -0.477 e. The van der Waals surface area contributed by atoms with Gasteiger partial charge in [-0.25, -0.2) is 14.8 Å². The summed E-state index contributed by atoms with van der Waals surface area (Å²) in [6.45, 7) is 3.85. The molecule has 0 radical (unpaired) electrons. The summed E-state index contributed by atoms with van der Waals surface area (Å²) in [5, 5.41) is 32.7. The van der Waals surface area contributed by atoms with E-state index in [0.29, 0.717) is 12.2 Å². The van der Waals surface area contributed by atoms with Crippen molar-refractivity contribution in [2.75, 3.05) is 23.8 Å². The van der Waals surface area contributed by atoms with Crippen molar-refractivity contribution in [1.82, 2.24) is 9.97 Å². The number of aromatic nitrogens is 2. The number of anilines is 2. The van der Waals surface area contributed by atoms with E-state index in [4.69, 9.17) is 0 Å². The summed E-state index contributed by atoms with van der Waals surface area (Å²) in [5.41, 5.74) is 0.0242. The van der Waals surface area contributed by atoms with E-state index in [1.54, 1.807) is 56.1 Å². The van der Waals surface area contributed by atoms with E-state index >= 15 is 0 Å². The second-order valence-corrected chi connectivity index (χ2v) is 8.62. The molecule has 0 fully saturated rings. The normalized spacial score (nSPS) is 12.0. The zero-order valence-corrected chi connectivity index (χ0v) is 21.3. The lowest BCUT2D eigenvalue weighted by Crippen LogP contribution is -2.39. The first kappa shape index (κ1) is 29.3. The number of hydrogen-bond acceptors (Lipinski definition) is 7. The Hall–Kier alpha value is -4.29. The first-order valence-electron chi connectivity index (χ1n) is 11.8. The van der Waals surface area contributed by atoms with Crippen molar-refractivity contribution in [3.05, 3.63) is 88.4 Å². The SMILES string of the molecule is CC=Cc1nc(Cc2ccc(NC(=O)c3ccc(C(F)(F)F)cc3)cc2)nc(N(C)CC)c1C(O)(O)C(=O)O. The number of aliphatic hydroxyl groups is 2. The monoisotopic (exact) mass is 544 g/mol. The van der Waals surface area contributed by atoms with Crippen LogP contribution < -0.4 is 10.2 Å². The third-order valence-corrected chi connectivity index (χ3v) is 5.82. The maximum absolute atomic E-state index is 12.7. The molecule has 3 aromatic rings. The molecule has 206 valence electrons. The molecule has 12 heteroatoms. The van der Waals surface area contributed by atoms with Crippen LogP contribution in [0.3, 0.4) is 0 Å². The van der Waals surface area contributed by atoms with Crippen LogP contribution in [0.1, 0.15) is 52.4 Å². The number of rotatable bonds is 9. The van der Waals surface area contributed by atoms with Gasteiger partial charge in [0.05, 0.1) is 16.8 Å². The summed E-state index contributed by atoms with van der Waals surface area (Å²) in [5.74, 6) is -5.34. The smallest absolute Gasteiger partial charge is 0.416 e. The first-order valence-corrected chi connectivity index (χ1v) is 11.8. The van der Waals surface area contributed by atoms with Crippen LogP contribution in [0.4, 0.5) is 24.7 Å². The second kappa shape index (κ2) is 11.6. The lowest BCUT2D eigenvalue weighted by Gasteiger charge is -2.26. The van der Waals surface area contributed by atoms with Crippen molar-refractivity contribution in [2.24, 2.45) is 0 Å². The Kier molecular flexibility index (Phi) is 8.72. The predicted octanol–water partition coefficient (Wildman–Crippen LogP) is 4.05. The highest BCUT2D eigenvalue weighted by Crippen LogP contribution is 2.32. The lowest BCUT2D eigenvalue weighted by atomic mass is 10.0. The molecule has 9 nitrogen and oxygen atoms in total. The Morgan fingerprint density at radius 2 is 1.64 bits per heavy atom. The third-order valence-electron chi connectivity index (χ3n) is 5.82. The molecule has 0 atom stereocenters. The fourth-order valence-corrected chi connectivity index (χ4v) is 3.64. The predicted molar refractivity (Wildman–Crippen MR) is 138 cm³/mol. The van der Waals surface area contributed by atoms with Crippen molar-refractivity contribution in [2.45, 2.75) is 32.2 Å². The van der Waals surface area contributed by atoms with Gasteiger partial charge >= 0.3 is 12.1 Å². The molecule has 0 aliphatic carbocycles. The van der Waals surface area contributed by atoms with Crippen molar-refractivity contribution in [3.63, 3.8) is 0 Å². The van der Waals surface area contributed by atoms with Crippen molar-refractivity contribution in [1.29, 1.82) is 0 Å². The summed E-state index contributed by atoms with van der Waals surface area (Å²) in [4.78, 5) is 34.4. The van der Waals surface area contributed by atoms with Crippen LogP contribution in [0.5, 0.6) is 0 Å². The number of benzene rings is 2. The number of hydrogen-bond donors (Lipinski definition) is 4. The number of nitrogens with zero attached hydrogens (tertiary/aromatic N) is 3. The molecule has 39 heavy (non-hydrogen) atoms. The van der Waals surface area contributed by atoms with Gasteiger partial charge in [-0.2, -0.15) is 13.2 Å². The molecule has 0 unspecified atom stereocenters. The zero-order chi connectivity index (χ0) is 29.0. The average molecular weight is 545 g/mol. The molecular weight excluding hydrogens is 517 g/mol. The molecule has 2 aromatic carbocycles. The number of halogens is 3. The summed E-state index contributed by atoms with van der Waals surface area (Å²) in [7, 11) is 1.63. The molecule has 0 saturated heterocycles. The number of alkyl halides is 3. The number of amides is 1. The van der Waals surface area contributed by atoms with Crippen LogP contribution in [-0.2, 0) is 23.2 Å². The fraction of sp³-hybridized carbons (Fsp3) is 0.259. The maximum Gasteiger partial charge on any atom is 0.416 e. The zero-order valence-electron chi connectivity index (χ0n) is 21.3. The summed E-state index contributed by atoms with van der Waals surface area (Å²) in [6.07, 6.45) is -1.26. The molecule has 1 aromatic heterocycles. The molecule has 1 amide bonds. The maximum atomic E-state index is 12.7. The molecule has 4 N–H and O–H groups in total. The van der Waals surface area contributed by atoms with Crippen molar-refractivity contribution >= 4 is 29.5 Å². The van der Waals surface area contributed by atoms with E-state index in [0.717, 1.165) is 29.8 Å². The molecule has 0 aliphatic heterocycles. The third kappa shape index (κ3) is 6.78. The molecule has 3 rings (SSSR count). The molecule has 0 bridgehead atoms. The highest BCUT2D eigenvalue weighted by molar-refractivity contribution is 6.04. The summed E-state index contributed by atoms with van der Waals surface area (Å²) < 4.78 is 38.2. The van der Waals surface area contributed by atoms with E-state index in [9.17, 15) is 38.1 Å². The van der Waals surface area contributed by atoms with Gasteiger partial charge in [-0.05, 0) is 61.9 Å². The number of carbonyl (C=O) groups is 2. The van der Waals surface area contributed by atoms with Gasteiger partial charge in [0.25, 0.3) is 11.7 Å². The minimum absolute atomic E-state index is 0.0330. The topological polar surface area (TPSA) is 136 Å². The van der Waals surface area contributed by atoms with Gasteiger partial charge in [-0.15, -0.1) is 0 Å². The van der Waals surface area contributed by atoms with Crippen LogP contribution in [-0.4, -0.2) is 50.8 Å². The Balaban J connectivity index is 1.85. The number of allylic oxidation sites excluding steroid dienone is 1. The van der Waals surface area contributed by atoms with Gasteiger partial charge in [0, 0.05) is 31.3 Å². The number of carboxylic acid groups (broad SMARTS) is 1. The highest BCUT2D eigenvalue weighted by atomic mass is 19.4. The van der Waals surface area contributed by atoms with E-state index < -0.39 is 29.4 Å². The van der Waals surface area contributed by atoms with Gasteiger partial charge in [-0.3, -0.25) is 4.79 Å². The summed E-state index contributed by atoms with van der Waals surface area (Å²) in [6, 6.07) is 10.5. The number of aliphatic carboxylic acids is 1. The van der Waals surface area contributed by atoms with Gasteiger partial charge < -0.3 is 25.5 Å². The first-order chi connectivity index (χ1) is 18.3. The summed E-state index contributed by atoms with van der Waals surface area (Å²) >= 11 is 0. The highest BCUT2D eigenvalue weighted by Gasteiger charge is 2.42. The van der Waals surface area contributed by atoms with E-state index in [1.165, 1.54) is 6.08 Å². The van der Waals surface area contributed by atoms with E-state index in [1.807, 2.05) is 0 Å². The van der Waals surface area contributed by atoms with Crippen LogP contribution >= 0.6 is 0 Å².